The molecule has 0 N–H and O–H groups in total. The van der Waals surface area contributed by atoms with Crippen molar-refractivity contribution in [1.82, 2.24) is 0 Å². The summed E-state index contributed by atoms with van der Waals surface area (Å²) < 4.78 is 15.9. The number of halogens is 1. The number of nitro groups is 1. The summed E-state index contributed by atoms with van der Waals surface area (Å²) in [5.74, 6) is -0.385. The van der Waals surface area contributed by atoms with Crippen molar-refractivity contribution in [3.05, 3.63) is 93.0 Å². The van der Waals surface area contributed by atoms with Crippen molar-refractivity contribution in [3.63, 3.8) is 0 Å². The third-order valence-corrected chi connectivity index (χ3v) is 4.64. The van der Waals surface area contributed by atoms with Gasteiger partial charge in [-0.2, -0.15) is 0 Å². The Labute approximate surface area is 188 Å². The van der Waals surface area contributed by atoms with Crippen LogP contribution in [0, 0.1) is 17.0 Å². The minimum atomic E-state index is -0.674. The van der Waals surface area contributed by atoms with Gasteiger partial charge in [-0.25, -0.2) is 4.79 Å². The van der Waals surface area contributed by atoms with E-state index >= 15 is 0 Å². The van der Waals surface area contributed by atoms with E-state index in [9.17, 15) is 19.7 Å². The standard InChI is InChI=1S/C23H18ClNO7/c1-15-5-2-3-8-21(15)30-14-22(27)31-13-20(26)16-9-11-17(12-10-16)32-23-18(24)6-4-7-19(23)25(28)29/h2-12H,13-14H2,1H3. The number of ether oxygens (including phenoxy) is 3. The second kappa shape index (κ2) is 10.4. The molecule has 0 amide bonds. The maximum atomic E-state index is 12.3. The predicted octanol–water partition coefficient (Wildman–Crippen LogP) is 5.15. The Morgan fingerprint density at radius 1 is 0.969 bits per heavy atom. The molecule has 3 rings (SSSR count). The van der Waals surface area contributed by atoms with Crippen molar-refractivity contribution in [3.8, 4) is 17.2 Å². The van der Waals surface area contributed by atoms with Gasteiger partial charge in [0.2, 0.25) is 5.75 Å². The fourth-order valence-corrected chi connectivity index (χ4v) is 2.90. The van der Waals surface area contributed by atoms with Gasteiger partial charge in [-0.05, 0) is 48.9 Å². The molecule has 0 saturated heterocycles. The van der Waals surface area contributed by atoms with Crippen molar-refractivity contribution in [2.24, 2.45) is 0 Å². The maximum absolute atomic E-state index is 12.3. The molecule has 0 heterocycles. The number of ketones is 1. The molecular weight excluding hydrogens is 438 g/mol. The van der Waals surface area contributed by atoms with Crippen LogP contribution in [0.5, 0.6) is 17.2 Å². The number of hydrogen-bond acceptors (Lipinski definition) is 7. The average Bonchev–Trinajstić information content (AvgIpc) is 2.78. The van der Waals surface area contributed by atoms with Gasteiger partial charge in [0.05, 0.1) is 9.95 Å². The molecule has 3 aromatic carbocycles. The summed E-state index contributed by atoms with van der Waals surface area (Å²) in [6.07, 6.45) is 0. The molecule has 8 nitrogen and oxygen atoms in total. The molecule has 0 atom stereocenters. The number of rotatable bonds is 9. The van der Waals surface area contributed by atoms with E-state index in [-0.39, 0.29) is 34.4 Å². The van der Waals surface area contributed by atoms with Crippen LogP contribution in [0.25, 0.3) is 0 Å². The molecule has 3 aromatic rings. The van der Waals surface area contributed by atoms with Crippen LogP contribution in [0.15, 0.2) is 66.7 Å². The topological polar surface area (TPSA) is 105 Å². The van der Waals surface area contributed by atoms with Crippen molar-refractivity contribution in [2.45, 2.75) is 6.92 Å². The third-order valence-electron chi connectivity index (χ3n) is 4.34. The van der Waals surface area contributed by atoms with Crippen LogP contribution in [-0.2, 0) is 9.53 Å². The molecule has 0 aromatic heterocycles. The van der Waals surface area contributed by atoms with E-state index < -0.39 is 23.3 Å². The first kappa shape index (κ1) is 22.8. The Morgan fingerprint density at radius 3 is 2.38 bits per heavy atom. The molecular formula is C23H18ClNO7. The second-order valence-electron chi connectivity index (χ2n) is 6.61. The number of benzene rings is 3. The van der Waals surface area contributed by atoms with Gasteiger partial charge < -0.3 is 14.2 Å². The Balaban J connectivity index is 1.55. The number of para-hydroxylation sites is 2. The first-order valence-corrected chi connectivity index (χ1v) is 9.81. The molecule has 0 radical (unpaired) electrons. The van der Waals surface area contributed by atoms with Crippen LogP contribution in [0.3, 0.4) is 0 Å². The lowest BCUT2D eigenvalue weighted by Crippen LogP contribution is -2.19. The van der Waals surface area contributed by atoms with Crippen LogP contribution in [0.2, 0.25) is 5.02 Å². The Kier molecular flexibility index (Phi) is 7.41. The molecule has 0 saturated carbocycles. The number of esters is 1. The van der Waals surface area contributed by atoms with Crippen molar-refractivity contribution >= 4 is 29.0 Å². The normalized spacial score (nSPS) is 10.3. The van der Waals surface area contributed by atoms with E-state index in [1.54, 1.807) is 12.1 Å². The van der Waals surface area contributed by atoms with Gasteiger partial charge in [-0.1, -0.05) is 35.9 Å². The van der Waals surface area contributed by atoms with Crippen LogP contribution in [-0.4, -0.2) is 29.9 Å². The number of hydrogen-bond donors (Lipinski definition) is 0. The van der Waals surface area contributed by atoms with Gasteiger partial charge in [0, 0.05) is 11.6 Å². The van der Waals surface area contributed by atoms with E-state index in [1.807, 2.05) is 19.1 Å². The number of carbonyl (C=O) groups is 2. The monoisotopic (exact) mass is 455 g/mol. The molecule has 9 heteroatoms. The summed E-state index contributed by atoms with van der Waals surface area (Å²) >= 11 is 6.01. The van der Waals surface area contributed by atoms with Crippen LogP contribution >= 0.6 is 11.6 Å². The molecule has 32 heavy (non-hydrogen) atoms. The molecule has 0 aliphatic rings. The highest BCUT2D eigenvalue weighted by Crippen LogP contribution is 2.37. The number of nitrogens with zero attached hydrogens (tertiary/aromatic N) is 1. The number of aryl methyl sites for hydroxylation is 1. The van der Waals surface area contributed by atoms with Crippen LogP contribution < -0.4 is 9.47 Å². The lowest BCUT2D eigenvalue weighted by atomic mass is 10.1. The van der Waals surface area contributed by atoms with Gasteiger partial charge in [0.25, 0.3) is 0 Å². The third kappa shape index (κ3) is 5.83. The quantitative estimate of drug-likeness (QED) is 0.190. The fraction of sp³-hybridized carbons (Fsp3) is 0.130. The van der Waals surface area contributed by atoms with Gasteiger partial charge in [-0.15, -0.1) is 0 Å². The zero-order chi connectivity index (χ0) is 23.1. The first-order valence-electron chi connectivity index (χ1n) is 9.43. The number of nitro benzene ring substituents is 1. The SMILES string of the molecule is Cc1ccccc1OCC(=O)OCC(=O)c1ccc(Oc2c(Cl)cccc2[N+](=O)[O-])cc1. The fourth-order valence-electron chi connectivity index (χ4n) is 2.70. The summed E-state index contributed by atoms with van der Waals surface area (Å²) in [4.78, 5) is 34.7. The molecule has 0 aliphatic carbocycles. The molecule has 0 spiro atoms. The number of Topliss-reactive ketones (excluding diaryl/α,β-unsaturated/α-hetero) is 1. The Morgan fingerprint density at radius 2 is 1.69 bits per heavy atom. The van der Waals surface area contributed by atoms with Gasteiger partial charge >= 0.3 is 11.7 Å². The zero-order valence-corrected chi connectivity index (χ0v) is 17.7. The van der Waals surface area contributed by atoms with E-state index in [0.717, 1.165) is 5.56 Å². The van der Waals surface area contributed by atoms with Gasteiger partial charge in [0.15, 0.2) is 19.0 Å². The lowest BCUT2D eigenvalue weighted by Gasteiger charge is -2.10. The van der Waals surface area contributed by atoms with Gasteiger partial charge in [0.1, 0.15) is 11.5 Å². The smallest absolute Gasteiger partial charge is 0.344 e. The van der Waals surface area contributed by atoms with Crippen molar-refractivity contribution in [1.29, 1.82) is 0 Å². The van der Waals surface area contributed by atoms with Crippen molar-refractivity contribution in [2.75, 3.05) is 13.2 Å². The molecule has 164 valence electrons. The van der Waals surface area contributed by atoms with E-state index in [2.05, 4.69) is 0 Å². The lowest BCUT2D eigenvalue weighted by molar-refractivity contribution is -0.385. The minimum Gasteiger partial charge on any atom is -0.482 e. The predicted molar refractivity (Wildman–Crippen MR) is 117 cm³/mol. The minimum absolute atomic E-state index is 0.0826. The number of carbonyl (C=O) groups excluding carboxylic acids is 2. The summed E-state index contributed by atoms with van der Waals surface area (Å²) in [5, 5.41) is 11.2. The van der Waals surface area contributed by atoms with Crippen LogP contribution in [0.1, 0.15) is 15.9 Å². The van der Waals surface area contributed by atoms with E-state index in [1.165, 1.54) is 42.5 Å². The summed E-state index contributed by atoms with van der Waals surface area (Å²) in [6.45, 7) is 1.08. The Hall–Kier alpha value is -3.91. The molecule has 0 bridgehead atoms. The van der Waals surface area contributed by atoms with Gasteiger partial charge in [-0.3, -0.25) is 14.9 Å². The van der Waals surface area contributed by atoms with E-state index in [4.69, 9.17) is 25.8 Å². The molecule has 0 aliphatic heterocycles. The maximum Gasteiger partial charge on any atom is 0.344 e. The van der Waals surface area contributed by atoms with E-state index in [0.29, 0.717) is 5.75 Å². The highest BCUT2D eigenvalue weighted by molar-refractivity contribution is 6.32. The summed E-state index contributed by atoms with van der Waals surface area (Å²) in [5.41, 5.74) is 0.872. The van der Waals surface area contributed by atoms with Crippen LogP contribution in [0.4, 0.5) is 5.69 Å². The molecule has 0 fully saturated rings. The van der Waals surface area contributed by atoms with Crippen molar-refractivity contribution < 1.29 is 28.7 Å². The summed E-state index contributed by atoms with van der Waals surface area (Å²) in [7, 11) is 0. The summed E-state index contributed by atoms with van der Waals surface area (Å²) in [6, 6.07) is 17.2. The zero-order valence-electron chi connectivity index (χ0n) is 16.9. The highest BCUT2D eigenvalue weighted by Gasteiger charge is 2.19. The highest BCUT2D eigenvalue weighted by atomic mass is 35.5. The average molecular weight is 456 g/mol. The largest absolute Gasteiger partial charge is 0.482 e. The Bertz CT molecular complexity index is 1150. The first-order chi connectivity index (χ1) is 15.3. The molecule has 0 unspecified atom stereocenters. The second-order valence-corrected chi connectivity index (χ2v) is 7.02.